The van der Waals surface area contributed by atoms with Crippen molar-refractivity contribution in [3.8, 4) is 0 Å². The number of nitrogens with zero attached hydrogens (tertiary/aromatic N) is 2. The van der Waals surface area contributed by atoms with Crippen LogP contribution in [0.1, 0.15) is 17.1 Å². The molecule has 68 valence electrons. The maximum atomic E-state index is 4.46. The standard InChI is InChI=1S/C11H14N2/c1-7-5-10-6-8(2)13(4)11(10)9(3)12-7/h5-6H,1-4H3. The molecule has 0 amide bonds. The molecule has 0 aromatic carbocycles. The fraction of sp³-hybridized carbons (Fsp3) is 0.364. The van der Waals surface area contributed by atoms with Crippen molar-refractivity contribution in [3.05, 3.63) is 29.2 Å². The highest BCUT2D eigenvalue weighted by Gasteiger charge is 2.05. The van der Waals surface area contributed by atoms with E-state index in [1.54, 1.807) is 0 Å². The molecule has 0 N–H and O–H groups in total. The highest BCUT2D eigenvalue weighted by Crippen LogP contribution is 2.21. The number of fused-ring (bicyclic) bond motifs is 1. The van der Waals surface area contributed by atoms with E-state index >= 15 is 0 Å². The van der Waals surface area contributed by atoms with Crippen LogP contribution in [-0.4, -0.2) is 9.55 Å². The molecule has 0 unspecified atom stereocenters. The average Bonchev–Trinajstić information content (AvgIpc) is 2.27. The first-order chi connectivity index (χ1) is 6.09. The van der Waals surface area contributed by atoms with E-state index < -0.39 is 0 Å². The summed E-state index contributed by atoms with van der Waals surface area (Å²) in [6, 6.07) is 4.34. The first kappa shape index (κ1) is 8.30. The van der Waals surface area contributed by atoms with Gasteiger partial charge in [-0.05, 0) is 32.9 Å². The van der Waals surface area contributed by atoms with Crippen LogP contribution in [0.4, 0.5) is 0 Å². The number of aromatic nitrogens is 2. The minimum Gasteiger partial charge on any atom is -0.346 e. The van der Waals surface area contributed by atoms with Gasteiger partial charge in [-0.2, -0.15) is 0 Å². The van der Waals surface area contributed by atoms with Crippen LogP contribution < -0.4 is 0 Å². The van der Waals surface area contributed by atoms with Crippen LogP contribution in [0.25, 0.3) is 10.9 Å². The minimum atomic E-state index is 1.09. The molecule has 0 bridgehead atoms. The Hall–Kier alpha value is -1.31. The molecule has 0 spiro atoms. The number of rotatable bonds is 0. The highest BCUT2D eigenvalue weighted by atomic mass is 15.0. The van der Waals surface area contributed by atoms with Crippen molar-refractivity contribution in [2.75, 3.05) is 0 Å². The van der Waals surface area contributed by atoms with Gasteiger partial charge in [-0.25, -0.2) is 0 Å². The Morgan fingerprint density at radius 2 is 1.85 bits per heavy atom. The van der Waals surface area contributed by atoms with Gasteiger partial charge in [0.1, 0.15) is 0 Å². The van der Waals surface area contributed by atoms with Crippen LogP contribution in [0, 0.1) is 20.8 Å². The molecule has 0 aliphatic rings. The van der Waals surface area contributed by atoms with Crippen molar-refractivity contribution in [1.29, 1.82) is 0 Å². The van der Waals surface area contributed by atoms with Gasteiger partial charge in [-0.1, -0.05) is 0 Å². The second-order valence-electron chi connectivity index (χ2n) is 3.63. The lowest BCUT2D eigenvalue weighted by Gasteiger charge is -2.02. The molecular weight excluding hydrogens is 160 g/mol. The molecule has 2 nitrogen and oxygen atoms in total. The zero-order valence-electron chi connectivity index (χ0n) is 8.55. The van der Waals surface area contributed by atoms with Crippen LogP contribution in [0.3, 0.4) is 0 Å². The lowest BCUT2D eigenvalue weighted by atomic mass is 10.2. The minimum absolute atomic E-state index is 1.09. The number of hydrogen-bond acceptors (Lipinski definition) is 1. The van der Waals surface area contributed by atoms with Crippen molar-refractivity contribution in [3.63, 3.8) is 0 Å². The van der Waals surface area contributed by atoms with E-state index in [2.05, 4.69) is 42.6 Å². The van der Waals surface area contributed by atoms with E-state index in [0.29, 0.717) is 0 Å². The third-order valence-electron chi connectivity index (χ3n) is 2.55. The monoisotopic (exact) mass is 174 g/mol. The molecule has 2 rings (SSSR count). The van der Waals surface area contributed by atoms with Gasteiger partial charge in [0.15, 0.2) is 0 Å². The van der Waals surface area contributed by atoms with Gasteiger partial charge in [0.05, 0.1) is 11.2 Å². The SMILES string of the molecule is Cc1cc2cc(C)n(C)c2c(C)n1. The van der Waals surface area contributed by atoms with E-state index in [0.717, 1.165) is 11.4 Å². The quantitative estimate of drug-likeness (QED) is 0.600. The summed E-state index contributed by atoms with van der Waals surface area (Å²) < 4.78 is 2.19. The van der Waals surface area contributed by atoms with Crippen molar-refractivity contribution in [2.45, 2.75) is 20.8 Å². The summed E-state index contributed by atoms with van der Waals surface area (Å²) in [6.45, 7) is 6.22. The fourth-order valence-electron chi connectivity index (χ4n) is 1.90. The smallest absolute Gasteiger partial charge is 0.0696 e. The molecule has 0 aliphatic carbocycles. The van der Waals surface area contributed by atoms with E-state index in [1.807, 2.05) is 6.92 Å². The molecule has 0 radical (unpaired) electrons. The summed E-state index contributed by atoms with van der Waals surface area (Å²) in [5, 5.41) is 1.30. The largest absolute Gasteiger partial charge is 0.346 e. The molecule has 2 aromatic rings. The second kappa shape index (κ2) is 2.59. The van der Waals surface area contributed by atoms with Gasteiger partial charge in [0.25, 0.3) is 0 Å². The molecular formula is C11H14N2. The summed E-state index contributed by atoms with van der Waals surface area (Å²) >= 11 is 0. The Kier molecular flexibility index (Phi) is 1.65. The van der Waals surface area contributed by atoms with Crippen LogP contribution in [0.15, 0.2) is 12.1 Å². The van der Waals surface area contributed by atoms with Crippen molar-refractivity contribution >= 4 is 10.9 Å². The maximum Gasteiger partial charge on any atom is 0.0696 e. The van der Waals surface area contributed by atoms with Crippen LogP contribution in [0.2, 0.25) is 0 Å². The summed E-state index contributed by atoms with van der Waals surface area (Å²) in [4.78, 5) is 4.46. The van der Waals surface area contributed by atoms with Crippen molar-refractivity contribution < 1.29 is 0 Å². The van der Waals surface area contributed by atoms with Crippen LogP contribution in [0.5, 0.6) is 0 Å². The molecule has 0 aliphatic heterocycles. The Labute approximate surface area is 78.2 Å². The van der Waals surface area contributed by atoms with E-state index in [1.165, 1.54) is 16.6 Å². The fourth-order valence-corrected chi connectivity index (χ4v) is 1.90. The number of hydrogen-bond donors (Lipinski definition) is 0. The third kappa shape index (κ3) is 1.13. The van der Waals surface area contributed by atoms with Crippen LogP contribution in [-0.2, 0) is 7.05 Å². The number of pyridine rings is 1. The first-order valence-electron chi connectivity index (χ1n) is 4.50. The normalized spacial score (nSPS) is 11.1. The molecule has 2 heterocycles. The molecule has 13 heavy (non-hydrogen) atoms. The predicted molar refractivity (Wildman–Crippen MR) is 54.9 cm³/mol. The summed E-state index contributed by atoms with van der Waals surface area (Å²) in [7, 11) is 2.08. The summed E-state index contributed by atoms with van der Waals surface area (Å²) in [6.07, 6.45) is 0. The van der Waals surface area contributed by atoms with E-state index in [4.69, 9.17) is 0 Å². The molecule has 2 aromatic heterocycles. The molecule has 0 saturated carbocycles. The van der Waals surface area contributed by atoms with Gasteiger partial charge in [0.2, 0.25) is 0 Å². The Morgan fingerprint density at radius 1 is 1.15 bits per heavy atom. The molecule has 0 saturated heterocycles. The van der Waals surface area contributed by atoms with Crippen molar-refractivity contribution in [2.24, 2.45) is 7.05 Å². The van der Waals surface area contributed by atoms with Crippen molar-refractivity contribution in [1.82, 2.24) is 9.55 Å². The first-order valence-corrected chi connectivity index (χ1v) is 4.50. The van der Waals surface area contributed by atoms with Crippen LogP contribution >= 0.6 is 0 Å². The Morgan fingerprint density at radius 3 is 2.54 bits per heavy atom. The Balaban J connectivity index is 2.94. The lowest BCUT2D eigenvalue weighted by Crippen LogP contribution is -1.94. The summed E-state index contributed by atoms with van der Waals surface area (Å²) in [5.74, 6) is 0. The Bertz CT molecular complexity index is 466. The number of aryl methyl sites for hydroxylation is 4. The zero-order valence-corrected chi connectivity index (χ0v) is 8.55. The zero-order chi connectivity index (χ0) is 9.59. The summed E-state index contributed by atoms with van der Waals surface area (Å²) in [5.41, 5.74) is 4.75. The molecule has 0 atom stereocenters. The highest BCUT2D eigenvalue weighted by molar-refractivity contribution is 5.83. The molecule has 0 fully saturated rings. The van der Waals surface area contributed by atoms with Gasteiger partial charge in [0, 0.05) is 23.8 Å². The predicted octanol–water partition coefficient (Wildman–Crippen LogP) is 2.50. The van der Waals surface area contributed by atoms with Gasteiger partial charge < -0.3 is 4.57 Å². The van der Waals surface area contributed by atoms with Gasteiger partial charge in [-0.3, -0.25) is 4.98 Å². The van der Waals surface area contributed by atoms with Gasteiger partial charge >= 0.3 is 0 Å². The topological polar surface area (TPSA) is 17.8 Å². The lowest BCUT2D eigenvalue weighted by molar-refractivity contribution is 0.907. The van der Waals surface area contributed by atoms with E-state index in [9.17, 15) is 0 Å². The average molecular weight is 174 g/mol. The molecule has 2 heteroatoms. The van der Waals surface area contributed by atoms with E-state index in [-0.39, 0.29) is 0 Å². The second-order valence-corrected chi connectivity index (χ2v) is 3.63. The maximum absolute atomic E-state index is 4.46. The third-order valence-corrected chi connectivity index (χ3v) is 2.55. The van der Waals surface area contributed by atoms with Gasteiger partial charge in [-0.15, -0.1) is 0 Å².